The number of imidazole rings is 1. The van der Waals surface area contributed by atoms with E-state index < -0.39 is 17.7 Å². The highest BCUT2D eigenvalue weighted by atomic mass is 32.1. The smallest absolute Gasteiger partial charge is 0.410 e. The minimum atomic E-state index is -0.687. The average molecular weight is 799 g/mol. The van der Waals surface area contributed by atoms with Crippen molar-refractivity contribution in [3.63, 3.8) is 0 Å². The molecule has 8 rings (SSSR count). The maximum Gasteiger partial charge on any atom is 0.410 e. The molecule has 0 unspecified atom stereocenters. The van der Waals surface area contributed by atoms with Crippen LogP contribution < -0.4 is 5.32 Å². The van der Waals surface area contributed by atoms with Crippen LogP contribution >= 0.6 is 34.0 Å². The highest BCUT2D eigenvalue weighted by Crippen LogP contribution is 2.44. The van der Waals surface area contributed by atoms with Gasteiger partial charge in [-0.05, 0) is 99.4 Å². The van der Waals surface area contributed by atoms with Gasteiger partial charge >= 0.3 is 12.2 Å². The molecular formula is C41H46N6O5S3. The number of aromatic amines is 1. The topological polar surface area (TPSA) is 130 Å². The van der Waals surface area contributed by atoms with Crippen molar-refractivity contribution < 1.29 is 23.9 Å². The molecule has 0 saturated carbocycles. The zero-order valence-electron chi connectivity index (χ0n) is 32.1. The summed E-state index contributed by atoms with van der Waals surface area (Å²) < 4.78 is 14.1. The van der Waals surface area contributed by atoms with Crippen molar-refractivity contribution in [2.75, 3.05) is 20.2 Å². The van der Waals surface area contributed by atoms with Crippen molar-refractivity contribution in [1.29, 1.82) is 0 Å². The second kappa shape index (κ2) is 14.5. The van der Waals surface area contributed by atoms with Crippen molar-refractivity contribution in [3.05, 3.63) is 59.4 Å². The van der Waals surface area contributed by atoms with Crippen LogP contribution in [0.4, 0.5) is 9.59 Å². The van der Waals surface area contributed by atoms with Crippen LogP contribution in [0.1, 0.15) is 83.7 Å². The molecule has 4 atom stereocenters. The van der Waals surface area contributed by atoms with Gasteiger partial charge in [-0.2, -0.15) is 0 Å². The van der Waals surface area contributed by atoms with Crippen molar-refractivity contribution in [1.82, 2.24) is 30.1 Å². The largest absolute Gasteiger partial charge is 0.453 e. The Hall–Kier alpha value is -4.53. The fraction of sp³-hybridized carbons (Fsp3) is 0.439. The number of fused-ring (bicyclic) bond motifs is 3. The number of aromatic nitrogens is 3. The number of alkyl carbamates (subject to hydrolysis) is 1. The molecule has 0 aliphatic carbocycles. The summed E-state index contributed by atoms with van der Waals surface area (Å²) in [7, 11) is 1.30. The summed E-state index contributed by atoms with van der Waals surface area (Å²) >= 11 is 5.23. The quantitative estimate of drug-likeness (QED) is 0.164. The molecular weight excluding hydrogens is 753 g/mol. The molecule has 0 bridgehead atoms. The predicted molar refractivity (Wildman–Crippen MR) is 221 cm³/mol. The van der Waals surface area contributed by atoms with Crippen LogP contribution in [0.5, 0.6) is 0 Å². The Labute approximate surface area is 332 Å². The van der Waals surface area contributed by atoms with Crippen LogP contribution in [0.2, 0.25) is 0 Å². The van der Waals surface area contributed by atoms with E-state index in [2.05, 4.69) is 59.7 Å². The van der Waals surface area contributed by atoms with Crippen molar-refractivity contribution in [2.24, 2.45) is 11.8 Å². The summed E-state index contributed by atoms with van der Waals surface area (Å²) in [6.07, 6.45) is 1.73. The second-order valence-corrected chi connectivity index (χ2v) is 19.3. The molecule has 2 aliphatic rings. The van der Waals surface area contributed by atoms with Crippen molar-refractivity contribution in [3.8, 4) is 20.9 Å². The first-order valence-corrected chi connectivity index (χ1v) is 21.3. The molecule has 2 fully saturated rings. The number of nitrogens with zero attached hydrogens (tertiary/aromatic N) is 4. The summed E-state index contributed by atoms with van der Waals surface area (Å²) in [6, 6.07) is 16.3. The Kier molecular flexibility index (Phi) is 9.87. The zero-order chi connectivity index (χ0) is 38.8. The Bertz CT molecular complexity index is 2390. The first kappa shape index (κ1) is 37.4. The lowest BCUT2D eigenvalue weighted by Gasteiger charge is -2.30. The standard InChI is InChI=1S/C41H46N6O5S3/c1-21(2)35(45-39(49)51-7)38(48)47-20-22(3)15-29(47)36-42-25-12-10-23(16-27(25)43-36)30-18-33-34(53-30)19-31(54-33)24-11-13-26-32(17-24)55-37(44-26)28-9-8-14-46(28)40(50)52-41(4,5)6/h10-13,16-19,21-22,28-29,35H,8-9,14-15,20H2,1-7H3,(H,42,43)(H,45,49)/t22-,28-,29-,35-/m0/s1. The van der Waals surface area contributed by atoms with E-state index in [1.54, 1.807) is 34.0 Å². The number of rotatable bonds is 7. The molecule has 3 amide bonds. The predicted octanol–water partition coefficient (Wildman–Crippen LogP) is 10.1. The van der Waals surface area contributed by atoms with Crippen LogP contribution in [-0.2, 0) is 14.3 Å². The lowest BCUT2D eigenvalue weighted by atomic mass is 10.0. The van der Waals surface area contributed by atoms with E-state index in [1.807, 2.05) is 50.5 Å². The third kappa shape index (κ3) is 7.43. The Balaban J connectivity index is 1.00. The first-order valence-electron chi connectivity index (χ1n) is 18.8. The van der Waals surface area contributed by atoms with E-state index in [-0.39, 0.29) is 30.0 Å². The van der Waals surface area contributed by atoms with Crippen LogP contribution in [0.25, 0.3) is 51.5 Å². The average Bonchev–Trinajstić information content (AvgIpc) is 3.98. The van der Waals surface area contributed by atoms with Crippen molar-refractivity contribution in [2.45, 2.75) is 84.5 Å². The number of methoxy groups -OCH3 is 1. The zero-order valence-corrected chi connectivity index (χ0v) is 34.5. The number of likely N-dealkylation sites (tertiary alicyclic amines) is 2. The van der Waals surface area contributed by atoms with Gasteiger partial charge in [-0.25, -0.2) is 19.6 Å². The fourth-order valence-corrected chi connectivity index (χ4v) is 11.2. The Morgan fingerprint density at radius 1 is 0.891 bits per heavy atom. The van der Waals surface area contributed by atoms with E-state index in [0.717, 1.165) is 62.5 Å². The molecule has 14 heteroatoms. The number of hydrogen-bond donors (Lipinski definition) is 2. The molecule has 2 aliphatic heterocycles. The molecule has 2 N–H and O–H groups in total. The van der Waals surface area contributed by atoms with Gasteiger partial charge in [0.1, 0.15) is 22.5 Å². The summed E-state index contributed by atoms with van der Waals surface area (Å²) in [5, 5.41) is 3.70. The SMILES string of the molecule is COC(=O)N[C@H](C(=O)N1C[C@@H](C)C[C@H]1c1nc2ccc(-c3cc4sc(-c5ccc6nc([C@@H]7CCCN7C(=O)OC(C)(C)C)sc6c5)cc4s3)cc2[nH]1)C(C)C. The molecule has 288 valence electrons. The monoisotopic (exact) mass is 798 g/mol. The number of amides is 3. The minimum Gasteiger partial charge on any atom is -0.453 e. The van der Waals surface area contributed by atoms with E-state index in [0.29, 0.717) is 19.0 Å². The summed E-state index contributed by atoms with van der Waals surface area (Å²) in [5.41, 5.74) is 4.47. The highest BCUT2D eigenvalue weighted by Gasteiger charge is 2.40. The first-order chi connectivity index (χ1) is 26.2. The van der Waals surface area contributed by atoms with Gasteiger partial charge in [0.25, 0.3) is 0 Å². The molecule has 55 heavy (non-hydrogen) atoms. The second-order valence-electron chi connectivity index (χ2n) is 16.1. The van der Waals surface area contributed by atoms with Crippen LogP contribution in [0, 0.1) is 11.8 Å². The lowest BCUT2D eigenvalue weighted by Crippen LogP contribution is -2.51. The van der Waals surface area contributed by atoms with E-state index in [1.165, 1.54) is 26.3 Å². The molecule has 0 radical (unpaired) electrons. The van der Waals surface area contributed by atoms with Gasteiger partial charge in [0.15, 0.2) is 0 Å². The molecule has 6 heterocycles. The molecule has 2 aromatic carbocycles. The normalized spacial score (nSPS) is 19.6. The number of hydrogen-bond acceptors (Lipinski definition) is 10. The number of benzene rings is 2. The third-order valence-corrected chi connectivity index (χ3v) is 13.9. The number of H-pyrrole nitrogens is 1. The number of thiazole rings is 1. The fourth-order valence-electron chi connectivity index (χ4n) is 7.69. The van der Waals surface area contributed by atoms with Gasteiger partial charge in [-0.1, -0.05) is 32.9 Å². The lowest BCUT2D eigenvalue weighted by molar-refractivity contribution is -0.135. The van der Waals surface area contributed by atoms with Gasteiger partial charge in [-0.3, -0.25) is 9.69 Å². The number of carbonyl (C=O) groups excluding carboxylic acids is 3. The maximum atomic E-state index is 13.8. The van der Waals surface area contributed by atoms with Gasteiger partial charge in [0.05, 0.1) is 40.4 Å². The number of carbonyl (C=O) groups is 3. The van der Waals surface area contributed by atoms with Crippen molar-refractivity contribution >= 4 is 82.8 Å². The van der Waals surface area contributed by atoms with Gasteiger partial charge < -0.3 is 24.7 Å². The molecule has 11 nitrogen and oxygen atoms in total. The molecule has 2 saturated heterocycles. The van der Waals surface area contributed by atoms with Crippen LogP contribution in [0.15, 0.2) is 48.5 Å². The summed E-state index contributed by atoms with van der Waals surface area (Å²) in [5.74, 6) is 0.828. The van der Waals surface area contributed by atoms with Crippen LogP contribution in [-0.4, -0.2) is 74.7 Å². The molecule has 4 aromatic heterocycles. The minimum absolute atomic E-state index is 0.0570. The number of thiophene rings is 2. The van der Waals surface area contributed by atoms with Gasteiger partial charge in [0, 0.05) is 32.2 Å². The van der Waals surface area contributed by atoms with E-state index in [9.17, 15) is 14.4 Å². The van der Waals surface area contributed by atoms with Gasteiger partial charge in [-0.15, -0.1) is 34.0 Å². The Morgan fingerprint density at radius 2 is 1.58 bits per heavy atom. The van der Waals surface area contributed by atoms with E-state index >= 15 is 0 Å². The molecule has 0 spiro atoms. The number of ether oxygens (including phenoxy) is 2. The molecule has 6 aromatic rings. The third-order valence-electron chi connectivity index (χ3n) is 10.3. The number of nitrogens with one attached hydrogen (secondary N) is 2. The maximum absolute atomic E-state index is 13.8. The van der Waals surface area contributed by atoms with Gasteiger partial charge in [0.2, 0.25) is 5.91 Å². The van der Waals surface area contributed by atoms with E-state index in [4.69, 9.17) is 19.4 Å². The summed E-state index contributed by atoms with van der Waals surface area (Å²) in [6.45, 7) is 13.0. The summed E-state index contributed by atoms with van der Waals surface area (Å²) in [4.78, 5) is 58.3. The van der Waals surface area contributed by atoms with Crippen LogP contribution in [0.3, 0.4) is 0 Å². The highest BCUT2D eigenvalue weighted by molar-refractivity contribution is 7.31. The Morgan fingerprint density at radius 3 is 2.25 bits per heavy atom.